The van der Waals surface area contributed by atoms with Crippen LogP contribution < -0.4 is 10.6 Å². The second-order valence-electron chi connectivity index (χ2n) is 24.4. The third-order valence-electron chi connectivity index (χ3n) is 15.6. The number of aromatic nitrogens is 10. The van der Waals surface area contributed by atoms with Crippen molar-refractivity contribution >= 4 is 76.7 Å². The van der Waals surface area contributed by atoms with E-state index < -0.39 is 19.4 Å². The highest BCUT2D eigenvalue weighted by molar-refractivity contribution is 6.74. The fraction of sp³-hybridized carbons (Fsp3) is 0.525. The van der Waals surface area contributed by atoms with Crippen molar-refractivity contribution in [1.82, 2.24) is 69.5 Å². The van der Waals surface area contributed by atoms with Gasteiger partial charge in [-0.3, -0.25) is 28.8 Å². The molecule has 2 amide bonds. The Morgan fingerprint density at radius 2 is 1.20 bits per heavy atom. The van der Waals surface area contributed by atoms with Gasteiger partial charge in [0.2, 0.25) is 0 Å². The first-order valence-electron chi connectivity index (χ1n) is 28.1. The maximum absolute atomic E-state index is 13.7. The van der Waals surface area contributed by atoms with E-state index in [2.05, 4.69) is 124 Å². The van der Waals surface area contributed by atoms with Crippen LogP contribution in [-0.4, -0.2) is 174 Å². The molecule has 4 N–H and O–H groups in total. The number of amides is 2. The molecule has 0 unspecified atom stereocenters. The lowest BCUT2D eigenvalue weighted by Gasteiger charge is -2.39. The number of aliphatic hydroxyl groups is 1. The Labute approximate surface area is 482 Å². The normalized spacial score (nSPS) is 15.1. The molecule has 2 fully saturated rings. The molecule has 8 heterocycles. The fourth-order valence-electron chi connectivity index (χ4n) is 9.82. The Kier molecular flexibility index (Phi) is 18.9. The predicted molar refractivity (Wildman–Crippen MR) is 324 cm³/mol. The largest absolute Gasteiger partial charge is 0.414 e. The van der Waals surface area contributed by atoms with E-state index in [0.29, 0.717) is 51.4 Å². The Morgan fingerprint density at radius 1 is 0.704 bits per heavy atom. The van der Waals surface area contributed by atoms with E-state index in [1.54, 1.807) is 38.6 Å². The van der Waals surface area contributed by atoms with Crippen molar-refractivity contribution in [2.45, 2.75) is 117 Å². The van der Waals surface area contributed by atoms with Crippen molar-refractivity contribution in [3.8, 4) is 22.8 Å². The number of aryl methyl sites for hydroxylation is 5. The topological polar surface area (TPSA) is 221 Å². The molecular weight excluding hydrogens is 1060 g/mol. The van der Waals surface area contributed by atoms with Crippen LogP contribution in [-0.2, 0) is 34.0 Å². The molecule has 8 aromatic rings. The summed E-state index contributed by atoms with van der Waals surface area (Å²) in [7, 11) is -0.0761. The molecule has 2 aliphatic rings. The van der Waals surface area contributed by atoms with E-state index in [1.165, 1.54) is 11.1 Å². The van der Waals surface area contributed by atoms with Gasteiger partial charge in [-0.05, 0) is 95.8 Å². The van der Waals surface area contributed by atoms with Crippen molar-refractivity contribution in [2.24, 2.45) is 7.05 Å². The van der Waals surface area contributed by atoms with Crippen LogP contribution in [0.25, 0.3) is 66.9 Å². The van der Waals surface area contributed by atoms with Gasteiger partial charge in [0.1, 0.15) is 33.8 Å². The average molecular weight is 1150 g/mol. The maximum atomic E-state index is 13.7. The number of hydrogen-bond donors (Lipinski definition) is 4. The monoisotopic (exact) mass is 1150 g/mol. The van der Waals surface area contributed by atoms with Crippen LogP contribution in [0.3, 0.4) is 0 Å². The predicted octanol–water partition coefficient (Wildman–Crippen LogP) is 8.47. The van der Waals surface area contributed by atoms with Crippen molar-refractivity contribution in [3.05, 3.63) is 83.4 Å². The van der Waals surface area contributed by atoms with Gasteiger partial charge in [-0.25, -0.2) is 19.9 Å². The fourth-order valence-corrected chi connectivity index (χ4v) is 11.0. The number of aliphatic hydroxyl groups excluding tert-OH is 1. The summed E-state index contributed by atoms with van der Waals surface area (Å²) in [5.74, 6) is -0.513. The summed E-state index contributed by atoms with van der Waals surface area (Å²) in [6.07, 6.45) is 8.84. The minimum Gasteiger partial charge on any atom is -0.414 e. The maximum Gasteiger partial charge on any atom is 0.255 e. The first-order chi connectivity index (χ1) is 38.0. The van der Waals surface area contributed by atoms with Crippen LogP contribution >= 0.6 is 12.4 Å². The highest BCUT2D eigenvalue weighted by Gasteiger charge is 2.39. The molecule has 0 spiro atoms. The Hall–Kier alpha value is -6.17. The molecular formula is C59H83ClN14O6Si. The van der Waals surface area contributed by atoms with Crippen LogP contribution in [0.15, 0.2) is 61.2 Å². The third-order valence-corrected chi connectivity index (χ3v) is 20.1. The van der Waals surface area contributed by atoms with Gasteiger partial charge in [-0.1, -0.05) is 45.0 Å². The van der Waals surface area contributed by atoms with Gasteiger partial charge >= 0.3 is 0 Å². The van der Waals surface area contributed by atoms with Crippen LogP contribution in [0.2, 0.25) is 18.1 Å². The number of benzene rings is 2. The SMILES string of the molecule is Cc1ccc2c(-c3cnc4[nH]cc(C(=O)NC(C)(C)CO)c4n3)nn(CCCN3CCOCC3)c2c1.Cc1ccc2c(-c3cnc4c(n3)c(C(=O)NC(C)(C)CO[Si](C)(C)C(C)(C)C)cn4C)nn(CCCN3CCOCC3)c2c1.Cl. The first-order valence-corrected chi connectivity index (χ1v) is 31.0. The molecule has 20 nitrogen and oxygen atoms in total. The van der Waals surface area contributed by atoms with Crippen LogP contribution in [0.5, 0.6) is 0 Å². The third kappa shape index (κ3) is 14.2. The summed E-state index contributed by atoms with van der Waals surface area (Å²) in [4.78, 5) is 53.6. The number of rotatable bonds is 18. The second kappa shape index (κ2) is 25.1. The molecule has 2 aliphatic heterocycles. The van der Waals surface area contributed by atoms with Crippen molar-refractivity contribution in [2.75, 3.05) is 78.9 Å². The van der Waals surface area contributed by atoms with E-state index in [4.69, 9.17) is 39.0 Å². The number of hydrogen-bond acceptors (Lipinski definition) is 14. The van der Waals surface area contributed by atoms with E-state index in [1.807, 2.05) is 25.5 Å². The summed E-state index contributed by atoms with van der Waals surface area (Å²) in [6, 6.07) is 12.7. The van der Waals surface area contributed by atoms with Gasteiger partial charge in [0.05, 0.1) is 85.3 Å². The number of nitrogens with one attached hydrogen (secondary N) is 3. The van der Waals surface area contributed by atoms with E-state index in [9.17, 15) is 14.7 Å². The van der Waals surface area contributed by atoms with Crippen molar-refractivity contribution in [3.63, 3.8) is 0 Å². The molecule has 0 saturated carbocycles. The minimum absolute atomic E-state index is 0. The highest BCUT2D eigenvalue weighted by atomic mass is 35.5. The number of fused-ring (bicyclic) bond motifs is 4. The van der Waals surface area contributed by atoms with Gasteiger partial charge < -0.3 is 39.2 Å². The molecule has 436 valence electrons. The number of H-pyrrole nitrogens is 1. The Balaban J connectivity index is 0.000000214. The van der Waals surface area contributed by atoms with E-state index in [-0.39, 0.29) is 35.9 Å². The quantitative estimate of drug-likeness (QED) is 0.0593. The number of halogens is 1. The lowest BCUT2D eigenvalue weighted by molar-refractivity contribution is 0.0368. The molecule has 22 heteroatoms. The number of morpholine rings is 2. The summed E-state index contributed by atoms with van der Waals surface area (Å²) >= 11 is 0. The lowest BCUT2D eigenvalue weighted by Crippen LogP contribution is -2.51. The summed E-state index contributed by atoms with van der Waals surface area (Å²) < 4.78 is 23.4. The summed E-state index contributed by atoms with van der Waals surface area (Å²) in [5.41, 5.74) is 9.04. The smallest absolute Gasteiger partial charge is 0.255 e. The average Bonchev–Trinajstić information content (AvgIpc) is 4.21. The zero-order valence-electron chi connectivity index (χ0n) is 49.4. The molecule has 10 rings (SSSR count). The molecule has 0 radical (unpaired) electrons. The molecule has 0 aliphatic carbocycles. The molecule has 81 heavy (non-hydrogen) atoms. The Bertz CT molecular complexity index is 3490. The second-order valence-corrected chi connectivity index (χ2v) is 29.2. The molecule has 0 bridgehead atoms. The lowest BCUT2D eigenvalue weighted by atomic mass is 10.1. The van der Waals surface area contributed by atoms with E-state index >= 15 is 0 Å². The number of carbonyl (C=O) groups is 2. The van der Waals surface area contributed by atoms with Crippen LogP contribution in [0, 0.1) is 13.8 Å². The van der Waals surface area contributed by atoms with Gasteiger partial charge in [0, 0.05) is 82.6 Å². The number of nitrogens with zero attached hydrogens (tertiary/aromatic N) is 11. The van der Waals surface area contributed by atoms with Gasteiger partial charge in [0.15, 0.2) is 19.6 Å². The van der Waals surface area contributed by atoms with Crippen molar-refractivity contribution in [1.29, 1.82) is 0 Å². The minimum atomic E-state index is -1.97. The molecule has 2 aromatic carbocycles. The zero-order valence-corrected chi connectivity index (χ0v) is 51.2. The van der Waals surface area contributed by atoms with Gasteiger partial charge in [-0.15, -0.1) is 12.4 Å². The van der Waals surface area contributed by atoms with Crippen LogP contribution in [0.4, 0.5) is 0 Å². The van der Waals surface area contributed by atoms with Gasteiger partial charge in [0.25, 0.3) is 11.8 Å². The zero-order chi connectivity index (χ0) is 57.1. The molecule has 6 aromatic heterocycles. The number of carbonyl (C=O) groups excluding carboxylic acids is 2. The standard InChI is InChI=1S/C33H49N7O3Si.C26H33N7O3.ClH/c1-23-11-12-24-27(19-23)40(14-10-13-39-15-17-42-18-16-39)37-28(24)26-20-34-30-29(35-26)25(21-38(30)7)31(41)36-33(5,6)22-43-44(8,9)32(2,3)4;1-17-5-6-18-21(13-17)33(8-4-7-32-9-11-36-12-10-32)31-22(18)20-15-28-24-23(29-20)19(14-27-24)25(35)30-26(2,3)16-34;/h11-12,19-21H,10,13-18,22H2,1-9H3,(H,36,41);5-6,13-15,34H,4,7-12,16H2,1-3H3,(H,27,28)(H,30,35);1H. The summed E-state index contributed by atoms with van der Waals surface area (Å²) in [6.45, 7) is 33.8. The Morgan fingerprint density at radius 3 is 1.72 bits per heavy atom. The summed E-state index contributed by atoms with van der Waals surface area (Å²) in [5, 5.41) is 27.7. The molecule has 0 atom stereocenters. The van der Waals surface area contributed by atoms with Gasteiger partial charge in [-0.2, -0.15) is 10.2 Å². The highest BCUT2D eigenvalue weighted by Crippen LogP contribution is 2.37. The first kappa shape index (κ1) is 60.9. The number of aromatic amines is 1. The van der Waals surface area contributed by atoms with E-state index in [0.717, 1.165) is 125 Å². The van der Waals surface area contributed by atoms with Crippen LogP contribution in [0.1, 0.15) is 93.2 Å². The number of ether oxygens (including phenoxy) is 2. The molecule has 2 saturated heterocycles. The van der Waals surface area contributed by atoms with Crippen molar-refractivity contribution < 1.29 is 28.6 Å².